The molecule has 3 rings (SSSR count). The molecule has 3 heterocycles. The topological polar surface area (TPSA) is 114 Å². The quantitative estimate of drug-likeness (QED) is 0.575. The third kappa shape index (κ3) is 4.32. The molecule has 0 atom stereocenters. The molecule has 0 aliphatic rings. The molecule has 8 nitrogen and oxygen atoms in total. The number of amides is 2. The minimum absolute atomic E-state index is 0.121. The van der Waals surface area contributed by atoms with Crippen LogP contribution in [0.3, 0.4) is 0 Å². The SMILES string of the molecule is Cc1ncc(NC(=O)CNCC(C)C)cc1-c1cn2ncc(C(N)=O)c2s1. The van der Waals surface area contributed by atoms with Crippen molar-refractivity contribution >= 4 is 33.7 Å². The summed E-state index contributed by atoms with van der Waals surface area (Å²) < 4.78 is 1.63. The van der Waals surface area contributed by atoms with Gasteiger partial charge in [-0.05, 0) is 25.5 Å². The molecular formula is C18H22N6O2S. The Morgan fingerprint density at radius 3 is 2.81 bits per heavy atom. The number of anilines is 1. The number of hydrogen-bond donors (Lipinski definition) is 3. The van der Waals surface area contributed by atoms with E-state index in [4.69, 9.17) is 5.73 Å². The maximum atomic E-state index is 12.1. The molecule has 0 saturated carbocycles. The molecule has 0 aromatic carbocycles. The number of pyridine rings is 1. The van der Waals surface area contributed by atoms with Crippen LogP contribution in [0.2, 0.25) is 0 Å². The molecule has 0 spiro atoms. The summed E-state index contributed by atoms with van der Waals surface area (Å²) in [6, 6.07) is 1.87. The Bertz CT molecular complexity index is 991. The molecule has 9 heteroatoms. The van der Waals surface area contributed by atoms with Crippen molar-refractivity contribution in [1.29, 1.82) is 0 Å². The van der Waals surface area contributed by atoms with Gasteiger partial charge in [0.25, 0.3) is 5.91 Å². The van der Waals surface area contributed by atoms with Gasteiger partial charge in [0, 0.05) is 17.5 Å². The van der Waals surface area contributed by atoms with Crippen molar-refractivity contribution in [3.8, 4) is 10.4 Å². The van der Waals surface area contributed by atoms with Crippen molar-refractivity contribution in [2.45, 2.75) is 20.8 Å². The molecule has 142 valence electrons. The number of nitrogens with zero attached hydrogens (tertiary/aromatic N) is 3. The second kappa shape index (κ2) is 7.85. The summed E-state index contributed by atoms with van der Waals surface area (Å²) in [4.78, 5) is 29.5. The number of nitrogens with one attached hydrogen (secondary N) is 2. The van der Waals surface area contributed by atoms with Crippen LogP contribution < -0.4 is 16.4 Å². The lowest BCUT2D eigenvalue weighted by atomic mass is 10.1. The van der Waals surface area contributed by atoms with Crippen molar-refractivity contribution in [3.05, 3.63) is 35.9 Å². The highest BCUT2D eigenvalue weighted by Crippen LogP contribution is 2.33. The van der Waals surface area contributed by atoms with Gasteiger partial charge in [-0.25, -0.2) is 4.52 Å². The second-order valence-electron chi connectivity index (χ2n) is 6.70. The van der Waals surface area contributed by atoms with Crippen LogP contribution in [0.1, 0.15) is 29.9 Å². The van der Waals surface area contributed by atoms with E-state index in [0.29, 0.717) is 22.0 Å². The molecule has 4 N–H and O–H groups in total. The Kier molecular flexibility index (Phi) is 5.52. The predicted molar refractivity (Wildman–Crippen MR) is 106 cm³/mol. The smallest absolute Gasteiger partial charge is 0.253 e. The van der Waals surface area contributed by atoms with E-state index in [-0.39, 0.29) is 12.5 Å². The fraction of sp³-hybridized carbons (Fsp3) is 0.333. The van der Waals surface area contributed by atoms with E-state index < -0.39 is 5.91 Å². The van der Waals surface area contributed by atoms with Gasteiger partial charge in [-0.2, -0.15) is 5.10 Å². The highest BCUT2D eigenvalue weighted by atomic mass is 32.1. The molecule has 0 aliphatic carbocycles. The first kappa shape index (κ1) is 19.0. The van der Waals surface area contributed by atoms with Crippen LogP contribution >= 0.6 is 11.3 Å². The monoisotopic (exact) mass is 386 g/mol. The molecule has 0 radical (unpaired) electrons. The zero-order valence-electron chi connectivity index (χ0n) is 15.4. The van der Waals surface area contributed by atoms with E-state index in [1.165, 1.54) is 17.5 Å². The van der Waals surface area contributed by atoms with E-state index in [1.54, 1.807) is 10.7 Å². The van der Waals surface area contributed by atoms with Crippen molar-refractivity contribution < 1.29 is 9.59 Å². The zero-order chi connectivity index (χ0) is 19.6. The Balaban J connectivity index is 1.81. The lowest BCUT2D eigenvalue weighted by Gasteiger charge is -2.10. The highest BCUT2D eigenvalue weighted by molar-refractivity contribution is 7.21. The summed E-state index contributed by atoms with van der Waals surface area (Å²) in [6.07, 6.45) is 4.92. The van der Waals surface area contributed by atoms with Gasteiger partial charge in [0.05, 0.1) is 35.1 Å². The van der Waals surface area contributed by atoms with Gasteiger partial charge in [0.1, 0.15) is 4.83 Å². The number of fused-ring (bicyclic) bond motifs is 1. The van der Waals surface area contributed by atoms with Gasteiger partial charge < -0.3 is 16.4 Å². The Morgan fingerprint density at radius 2 is 2.11 bits per heavy atom. The molecule has 0 aliphatic heterocycles. The summed E-state index contributed by atoms with van der Waals surface area (Å²) >= 11 is 1.41. The molecule has 3 aromatic heterocycles. The number of nitrogens with two attached hydrogens (primary N) is 1. The summed E-state index contributed by atoms with van der Waals surface area (Å²) in [5.41, 5.74) is 8.08. The Morgan fingerprint density at radius 1 is 1.33 bits per heavy atom. The summed E-state index contributed by atoms with van der Waals surface area (Å²) in [5, 5.41) is 10.1. The summed E-state index contributed by atoms with van der Waals surface area (Å²) in [7, 11) is 0. The van der Waals surface area contributed by atoms with Gasteiger partial charge in [0.2, 0.25) is 5.91 Å². The lowest BCUT2D eigenvalue weighted by molar-refractivity contribution is -0.115. The average molecular weight is 386 g/mol. The third-order valence-electron chi connectivity index (χ3n) is 3.94. The van der Waals surface area contributed by atoms with Crippen molar-refractivity contribution in [2.24, 2.45) is 11.7 Å². The van der Waals surface area contributed by atoms with Crippen LogP contribution in [0, 0.1) is 12.8 Å². The summed E-state index contributed by atoms with van der Waals surface area (Å²) in [5.74, 6) is -0.152. The number of primary amides is 1. The number of hydrogen-bond acceptors (Lipinski definition) is 6. The molecule has 0 fully saturated rings. The minimum Gasteiger partial charge on any atom is -0.365 e. The number of aryl methyl sites for hydroxylation is 1. The van der Waals surface area contributed by atoms with Gasteiger partial charge in [0.15, 0.2) is 0 Å². The maximum Gasteiger partial charge on any atom is 0.253 e. The van der Waals surface area contributed by atoms with Crippen molar-refractivity contribution in [2.75, 3.05) is 18.4 Å². The van der Waals surface area contributed by atoms with Gasteiger partial charge >= 0.3 is 0 Å². The van der Waals surface area contributed by atoms with Crippen LogP contribution in [-0.2, 0) is 4.79 Å². The lowest BCUT2D eigenvalue weighted by Crippen LogP contribution is -2.30. The first-order valence-corrected chi connectivity index (χ1v) is 9.41. The first-order chi connectivity index (χ1) is 12.8. The van der Waals surface area contributed by atoms with Crippen LogP contribution in [0.15, 0.2) is 24.7 Å². The second-order valence-corrected chi connectivity index (χ2v) is 7.73. The molecule has 2 amide bonds. The van der Waals surface area contributed by atoms with E-state index in [0.717, 1.165) is 22.7 Å². The number of aromatic nitrogens is 3. The molecular weight excluding hydrogens is 364 g/mol. The number of thiazole rings is 1. The largest absolute Gasteiger partial charge is 0.365 e. The number of carbonyl (C=O) groups is 2. The predicted octanol–water partition coefficient (Wildman–Crippen LogP) is 2.05. The maximum absolute atomic E-state index is 12.1. The molecule has 3 aromatic rings. The van der Waals surface area contributed by atoms with E-state index >= 15 is 0 Å². The van der Waals surface area contributed by atoms with Gasteiger partial charge in [-0.15, -0.1) is 11.3 Å². The van der Waals surface area contributed by atoms with Crippen LogP contribution in [0.5, 0.6) is 0 Å². The Labute approximate surface area is 160 Å². The molecule has 0 saturated heterocycles. The van der Waals surface area contributed by atoms with Gasteiger partial charge in [-0.3, -0.25) is 14.6 Å². The van der Waals surface area contributed by atoms with E-state index in [1.807, 2.05) is 19.2 Å². The van der Waals surface area contributed by atoms with Crippen LogP contribution in [0.25, 0.3) is 15.3 Å². The number of carbonyl (C=O) groups excluding carboxylic acids is 2. The summed E-state index contributed by atoms with van der Waals surface area (Å²) in [6.45, 7) is 7.09. The average Bonchev–Trinajstić information content (AvgIpc) is 3.16. The van der Waals surface area contributed by atoms with Crippen molar-refractivity contribution in [1.82, 2.24) is 19.9 Å². The fourth-order valence-electron chi connectivity index (χ4n) is 2.61. The highest BCUT2D eigenvalue weighted by Gasteiger charge is 2.16. The van der Waals surface area contributed by atoms with Crippen LogP contribution in [-0.4, -0.2) is 39.5 Å². The molecule has 0 unspecified atom stereocenters. The molecule has 0 bridgehead atoms. The zero-order valence-corrected chi connectivity index (χ0v) is 16.3. The van der Waals surface area contributed by atoms with E-state index in [9.17, 15) is 9.59 Å². The number of rotatable bonds is 7. The van der Waals surface area contributed by atoms with Crippen LogP contribution in [0.4, 0.5) is 5.69 Å². The third-order valence-corrected chi connectivity index (χ3v) is 5.08. The fourth-order valence-corrected chi connectivity index (χ4v) is 3.74. The minimum atomic E-state index is -0.511. The Hall–Kier alpha value is -2.78. The van der Waals surface area contributed by atoms with Crippen molar-refractivity contribution in [3.63, 3.8) is 0 Å². The standard InChI is InChI=1S/C18H22N6O2S/c1-10(2)5-20-8-16(25)23-12-4-13(11(3)21-6-12)15-9-24-18(27-15)14(7-22-24)17(19)26/h4,6-7,9-10,20H,5,8H2,1-3H3,(H2,19,26)(H,23,25). The normalized spacial score (nSPS) is 11.3. The van der Waals surface area contributed by atoms with E-state index in [2.05, 4.69) is 34.6 Å². The van der Waals surface area contributed by atoms with Gasteiger partial charge in [-0.1, -0.05) is 13.8 Å². The molecule has 27 heavy (non-hydrogen) atoms. The first-order valence-electron chi connectivity index (χ1n) is 8.59.